The highest BCUT2D eigenvalue weighted by Crippen LogP contribution is 2.15. The predicted molar refractivity (Wildman–Crippen MR) is 61.9 cm³/mol. The number of aliphatic hydroxyl groups excluding tert-OH is 1. The van der Waals surface area contributed by atoms with Crippen molar-refractivity contribution in [3.63, 3.8) is 0 Å². The molecule has 0 aliphatic heterocycles. The van der Waals surface area contributed by atoms with Crippen LogP contribution in [0.1, 0.15) is 51.3 Å². The lowest BCUT2D eigenvalue weighted by atomic mass is 10.2. The molecule has 0 atom stereocenters. The maximum atomic E-state index is 8.69. The molecule has 1 aromatic rings. The summed E-state index contributed by atoms with van der Waals surface area (Å²) in [4.78, 5) is 0. The fraction of sp³-hybridized carbons (Fsp3) is 0.750. The number of aryl methyl sites for hydroxylation is 1. The van der Waals surface area contributed by atoms with Gasteiger partial charge < -0.3 is 5.11 Å². The first-order valence-corrected chi connectivity index (χ1v) is 5.96. The number of unbranched alkanes of at least 4 members (excludes halogenated alkanes) is 1. The Hall–Kier alpha value is -0.830. The third-order valence-electron chi connectivity index (χ3n) is 2.82. The first kappa shape index (κ1) is 12.2. The summed E-state index contributed by atoms with van der Waals surface area (Å²) in [5.41, 5.74) is 1.15. The first-order chi connectivity index (χ1) is 7.31. The predicted octanol–water partition coefficient (Wildman–Crippen LogP) is 2.56. The van der Waals surface area contributed by atoms with Crippen LogP contribution >= 0.6 is 0 Å². The van der Waals surface area contributed by atoms with Gasteiger partial charge in [0.1, 0.15) is 0 Å². The van der Waals surface area contributed by atoms with E-state index in [0.29, 0.717) is 6.04 Å². The van der Waals surface area contributed by atoms with Gasteiger partial charge in [0.2, 0.25) is 0 Å². The van der Waals surface area contributed by atoms with E-state index >= 15 is 0 Å². The molecular weight excluding hydrogens is 188 g/mol. The van der Waals surface area contributed by atoms with Crippen LogP contribution in [0.4, 0.5) is 0 Å². The van der Waals surface area contributed by atoms with Gasteiger partial charge in [-0.15, -0.1) is 0 Å². The van der Waals surface area contributed by atoms with E-state index < -0.39 is 0 Å². The average molecular weight is 210 g/mol. The van der Waals surface area contributed by atoms with Crippen LogP contribution in [-0.4, -0.2) is 21.5 Å². The average Bonchev–Trinajstić information content (AvgIpc) is 2.69. The molecule has 0 aromatic carbocycles. The number of nitrogens with zero attached hydrogens (tertiary/aromatic N) is 2. The van der Waals surface area contributed by atoms with E-state index in [4.69, 9.17) is 5.11 Å². The summed E-state index contributed by atoms with van der Waals surface area (Å²) >= 11 is 0. The minimum Gasteiger partial charge on any atom is -0.396 e. The maximum Gasteiger partial charge on any atom is 0.0624 e. The van der Waals surface area contributed by atoms with Gasteiger partial charge in [-0.1, -0.05) is 13.8 Å². The zero-order chi connectivity index (χ0) is 11.1. The van der Waals surface area contributed by atoms with Crippen molar-refractivity contribution in [3.05, 3.63) is 18.0 Å². The van der Waals surface area contributed by atoms with Crippen molar-refractivity contribution in [2.24, 2.45) is 0 Å². The Labute approximate surface area is 92.1 Å². The summed E-state index contributed by atoms with van der Waals surface area (Å²) in [6.07, 6.45) is 7.22. The Morgan fingerprint density at radius 2 is 2.07 bits per heavy atom. The van der Waals surface area contributed by atoms with Crippen LogP contribution in [0.2, 0.25) is 0 Å². The largest absolute Gasteiger partial charge is 0.396 e. The Balaban J connectivity index is 2.47. The minimum absolute atomic E-state index is 0.285. The van der Waals surface area contributed by atoms with Crippen molar-refractivity contribution in [1.82, 2.24) is 9.78 Å². The fourth-order valence-electron chi connectivity index (χ4n) is 1.79. The van der Waals surface area contributed by atoms with Crippen molar-refractivity contribution in [2.75, 3.05) is 6.61 Å². The molecule has 0 unspecified atom stereocenters. The summed E-state index contributed by atoms with van der Waals surface area (Å²) in [6, 6.07) is 2.63. The topological polar surface area (TPSA) is 38.0 Å². The molecule has 1 aromatic heterocycles. The monoisotopic (exact) mass is 210 g/mol. The van der Waals surface area contributed by atoms with Crippen LogP contribution in [0, 0.1) is 0 Å². The number of rotatable bonds is 7. The highest BCUT2D eigenvalue weighted by molar-refractivity contribution is 4.99. The van der Waals surface area contributed by atoms with Crippen molar-refractivity contribution in [1.29, 1.82) is 0 Å². The van der Waals surface area contributed by atoms with Crippen molar-refractivity contribution >= 4 is 0 Å². The first-order valence-electron chi connectivity index (χ1n) is 5.96. The highest BCUT2D eigenvalue weighted by atomic mass is 16.2. The molecule has 0 amide bonds. The number of hydrogen-bond donors (Lipinski definition) is 1. The quantitative estimate of drug-likeness (QED) is 0.702. The Bertz CT molecular complexity index is 266. The smallest absolute Gasteiger partial charge is 0.0624 e. The van der Waals surface area contributed by atoms with E-state index in [1.54, 1.807) is 0 Å². The molecule has 0 saturated carbocycles. The van der Waals surface area contributed by atoms with E-state index in [0.717, 1.165) is 37.8 Å². The zero-order valence-electron chi connectivity index (χ0n) is 9.82. The van der Waals surface area contributed by atoms with Crippen LogP contribution in [0.15, 0.2) is 12.3 Å². The third-order valence-corrected chi connectivity index (χ3v) is 2.82. The SMILES string of the molecule is CCC(CC)n1ccc(CCCCO)n1. The van der Waals surface area contributed by atoms with E-state index in [2.05, 4.69) is 35.9 Å². The molecule has 15 heavy (non-hydrogen) atoms. The molecule has 0 aliphatic rings. The van der Waals surface area contributed by atoms with Crippen molar-refractivity contribution in [3.8, 4) is 0 Å². The molecule has 0 aliphatic carbocycles. The van der Waals surface area contributed by atoms with E-state index in [1.165, 1.54) is 0 Å². The second-order valence-electron chi connectivity index (χ2n) is 3.94. The van der Waals surface area contributed by atoms with Gasteiger partial charge in [-0.2, -0.15) is 5.10 Å². The summed E-state index contributed by atoms with van der Waals surface area (Å²) in [5, 5.41) is 13.2. The van der Waals surface area contributed by atoms with Gasteiger partial charge in [0.15, 0.2) is 0 Å². The Kier molecular flexibility index (Phi) is 5.40. The van der Waals surface area contributed by atoms with E-state index in [1.807, 2.05) is 0 Å². The molecule has 1 N–H and O–H groups in total. The fourth-order valence-corrected chi connectivity index (χ4v) is 1.79. The number of aromatic nitrogens is 2. The third kappa shape index (κ3) is 3.67. The van der Waals surface area contributed by atoms with Gasteiger partial charge in [-0.3, -0.25) is 4.68 Å². The minimum atomic E-state index is 0.285. The van der Waals surface area contributed by atoms with Crippen LogP contribution in [-0.2, 0) is 6.42 Å². The van der Waals surface area contributed by atoms with Gasteiger partial charge >= 0.3 is 0 Å². The second kappa shape index (κ2) is 6.62. The van der Waals surface area contributed by atoms with Gasteiger partial charge in [0, 0.05) is 12.8 Å². The van der Waals surface area contributed by atoms with E-state index in [9.17, 15) is 0 Å². The molecule has 0 radical (unpaired) electrons. The van der Waals surface area contributed by atoms with Crippen LogP contribution in [0.5, 0.6) is 0 Å². The molecule has 86 valence electrons. The lowest BCUT2D eigenvalue weighted by Crippen LogP contribution is -2.07. The van der Waals surface area contributed by atoms with Crippen LogP contribution < -0.4 is 0 Å². The lowest BCUT2D eigenvalue weighted by Gasteiger charge is -2.12. The Morgan fingerprint density at radius 1 is 1.33 bits per heavy atom. The molecule has 3 nitrogen and oxygen atoms in total. The van der Waals surface area contributed by atoms with Gasteiger partial charge in [0.25, 0.3) is 0 Å². The van der Waals surface area contributed by atoms with Crippen LogP contribution in [0.25, 0.3) is 0 Å². The molecular formula is C12H22N2O. The molecule has 1 rings (SSSR count). The summed E-state index contributed by atoms with van der Waals surface area (Å²) in [6.45, 7) is 4.68. The number of aliphatic hydroxyl groups is 1. The molecule has 3 heteroatoms. The Morgan fingerprint density at radius 3 is 2.67 bits per heavy atom. The maximum absolute atomic E-state index is 8.69. The normalized spacial score (nSPS) is 11.2. The van der Waals surface area contributed by atoms with Gasteiger partial charge in [-0.25, -0.2) is 0 Å². The molecule has 0 bridgehead atoms. The van der Waals surface area contributed by atoms with Gasteiger partial charge in [-0.05, 0) is 38.2 Å². The molecule has 0 spiro atoms. The summed E-state index contributed by atoms with van der Waals surface area (Å²) in [7, 11) is 0. The highest BCUT2D eigenvalue weighted by Gasteiger charge is 2.07. The molecule has 1 heterocycles. The molecule has 0 saturated heterocycles. The lowest BCUT2D eigenvalue weighted by molar-refractivity contribution is 0.284. The number of hydrogen-bond acceptors (Lipinski definition) is 2. The van der Waals surface area contributed by atoms with E-state index in [-0.39, 0.29) is 6.61 Å². The van der Waals surface area contributed by atoms with Crippen LogP contribution in [0.3, 0.4) is 0 Å². The zero-order valence-corrected chi connectivity index (χ0v) is 9.82. The summed E-state index contributed by atoms with van der Waals surface area (Å²) < 4.78 is 2.08. The summed E-state index contributed by atoms with van der Waals surface area (Å²) in [5.74, 6) is 0. The second-order valence-corrected chi connectivity index (χ2v) is 3.94. The van der Waals surface area contributed by atoms with Crippen molar-refractivity contribution in [2.45, 2.75) is 52.0 Å². The molecule has 0 fully saturated rings. The van der Waals surface area contributed by atoms with Crippen molar-refractivity contribution < 1.29 is 5.11 Å². The standard InChI is InChI=1S/C12H22N2O/c1-3-12(4-2)14-9-8-11(13-14)7-5-6-10-15/h8-9,12,15H,3-7,10H2,1-2H3. The van der Waals surface area contributed by atoms with Gasteiger partial charge in [0.05, 0.1) is 11.7 Å².